The molecule has 2 aromatic heterocycles. The van der Waals surface area contributed by atoms with E-state index in [1.807, 2.05) is 0 Å². The molecule has 2 heterocycles. The third-order valence-corrected chi connectivity index (χ3v) is 5.77. The van der Waals surface area contributed by atoms with Gasteiger partial charge in [-0.05, 0) is 22.0 Å². The third-order valence-electron chi connectivity index (χ3n) is 2.09. The lowest BCUT2D eigenvalue weighted by atomic mass is 10.5. The number of sulfonamides is 1. The van der Waals surface area contributed by atoms with E-state index in [0.717, 1.165) is 4.88 Å². The molecule has 0 saturated carbocycles. The predicted octanol–water partition coefficient (Wildman–Crippen LogP) is 0.566. The van der Waals surface area contributed by atoms with Crippen LogP contribution in [0.4, 0.5) is 0 Å². The Balaban J connectivity index is 2.17. The van der Waals surface area contributed by atoms with Crippen molar-refractivity contribution in [2.45, 2.75) is 18.0 Å². The first kappa shape index (κ1) is 13.6. The number of H-pyrrole nitrogens is 1. The number of nitrogens with one attached hydrogen (secondary N) is 2. The molecule has 0 saturated heterocycles. The second-order valence-electron chi connectivity index (χ2n) is 3.31. The minimum absolute atomic E-state index is 0.0581. The van der Waals surface area contributed by atoms with Crippen molar-refractivity contribution in [3.05, 3.63) is 26.9 Å². The summed E-state index contributed by atoms with van der Waals surface area (Å²) in [6, 6.07) is 1.55. The van der Waals surface area contributed by atoms with Crippen molar-refractivity contribution < 1.29 is 8.42 Å². The van der Waals surface area contributed by atoms with Crippen LogP contribution >= 0.6 is 27.3 Å². The van der Waals surface area contributed by atoms with E-state index in [-0.39, 0.29) is 11.4 Å². The summed E-state index contributed by atoms with van der Waals surface area (Å²) in [7, 11) is -3.59. The standard InChI is InChI=1S/C8H10BrN5O2S2/c9-8-6(1-5(2-10)17-8)18(15,16)13-3-7-11-4-12-14-7/h1,4,13H,2-3,10H2,(H,11,12,14). The highest BCUT2D eigenvalue weighted by atomic mass is 79.9. The monoisotopic (exact) mass is 351 g/mol. The molecule has 0 amide bonds. The Labute approximate surface area is 116 Å². The maximum Gasteiger partial charge on any atom is 0.242 e. The van der Waals surface area contributed by atoms with Gasteiger partial charge in [-0.3, -0.25) is 5.10 Å². The second kappa shape index (κ2) is 5.45. The molecule has 18 heavy (non-hydrogen) atoms. The number of hydrogen-bond donors (Lipinski definition) is 3. The lowest BCUT2D eigenvalue weighted by molar-refractivity contribution is 0.579. The molecule has 2 rings (SSSR count). The summed E-state index contributed by atoms with van der Waals surface area (Å²) in [5.41, 5.74) is 5.48. The second-order valence-corrected chi connectivity index (χ2v) is 7.50. The number of thiophene rings is 1. The zero-order chi connectivity index (χ0) is 13.2. The molecular weight excluding hydrogens is 342 g/mol. The molecule has 0 aliphatic rings. The van der Waals surface area contributed by atoms with Crippen LogP contribution in [-0.4, -0.2) is 23.6 Å². The predicted molar refractivity (Wildman–Crippen MR) is 70.3 cm³/mol. The fourth-order valence-corrected chi connectivity index (χ4v) is 4.79. The maximum atomic E-state index is 12.0. The Kier molecular flexibility index (Phi) is 4.12. The molecule has 0 aliphatic carbocycles. The zero-order valence-electron chi connectivity index (χ0n) is 9.05. The molecule has 4 N–H and O–H groups in total. The molecule has 0 atom stereocenters. The molecule has 0 unspecified atom stereocenters. The summed E-state index contributed by atoms with van der Waals surface area (Å²) < 4.78 is 27.0. The number of aromatic amines is 1. The lowest BCUT2D eigenvalue weighted by Gasteiger charge is -2.03. The first-order valence-electron chi connectivity index (χ1n) is 4.85. The van der Waals surface area contributed by atoms with Crippen molar-refractivity contribution in [1.82, 2.24) is 19.9 Å². The smallest absolute Gasteiger partial charge is 0.242 e. The topological polar surface area (TPSA) is 114 Å². The van der Waals surface area contributed by atoms with Gasteiger partial charge in [0.05, 0.1) is 10.3 Å². The van der Waals surface area contributed by atoms with Crippen LogP contribution in [0.3, 0.4) is 0 Å². The SMILES string of the molecule is NCc1cc(S(=O)(=O)NCc2ncn[nH]2)c(Br)s1. The van der Waals surface area contributed by atoms with E-state index in [1.165, 1.54) is 17.7 Å². The van der Waals surface area contributed by atoms with Crippen molar-refractivity contribution >= 4 is 37.3 Å². The van der Waals surface area contributed by atoms with Gasteiger partial charge >= 0.3 is 0 Å². The fraction of sp³-hybridized carbons (Fsp3) is 0.250. The van der Waals surface area contributed by atoms with Crippen LogP contribution in [0.25, 0.3) is 0 Å². The third kappa shape index (κ3) is 2.95. The molecule has 0 spiro atoms. The summed E-state index contributed by atoms with van der Waals surface area (Å²) in [5, 5.41) is 6.21. The first-order valence-corrected chi connectivity index (χ1v) is 7.94. The molecule has 0 fully saturated rings. The molecule has 10 heteroatoms. The number of nitrogens with zero attached hydrogens (tertiary/aromatic N) is 2. The van der Waals surface area contributed by atoms with E-state index >= 15 is 0 Å². The van der Waals surface area contributed by atoms with Gasteiger partial charge in [-0.2, -0.15) is 5.10 Å². The Morgan fingerprint density at radius 2 is 2.33 bits per heavy atom. The average molecular weight is 352 g/mol. The number of halogens is 1. The van der Waals surface area contributed by atoms with Gasteiger partial charge in [-0.25, -0.2) is 18.1 Å². The summed E-state index contributed by atoms with van der Waals surface area (Å²) >= 11 is 4.52. The Bertz CT molecular complexity index is 622. The average Bonchev–Trinajstić information content (AvgIpc) is 2.95. The number of aromatic nitrogens is 3. The molecule has 0 aromatic carbocycles. The van der Waals surface area contributed by atoms with E-state index in [0.29, 0.717) is 16.2 Å². The van der Waals surface area contributed by atoms with Crippen LogP contribution in [0, 0.1) is 0 Å². The molecular formula is C8H10BrN5O2S2. The number of hydrogen-bond acceptors (Lipinski definition) is 6. The maximum absolute atomic E-state index is 12.0. The van der Waals surface area contributed by atoms with Crippen LogP contribution in [0.15, 0.2) is 21.1 Å². The highest BCUT2D eigenvalue weighted by Crippen LogP contribution is 2.31. The number of nitrogens with two attached hydrogens (primary N) is 1. The van der Waals surface area contributed by atoms with E-state index in [2.05, 4.69) is 35.8 Å². The minimum atomic E-state index is -3.59. The quantitative estimate of drug-likeness (QED) is 0.728. The highest BCUT2D eigenvalue weighted by molar-refractivity contribution is 9.11. The van der Waals surface area contributed by atoms with Crippen LogP contribution < -0.4 is 10.5 Å². The van der Waals surface area contributed by atoms with Crippen LogP contribution in [-0.2, 0) is 23.1 Å². The molecule has 7 nitrogen and oxygen atoms in total. The Morgan fingerprint density at radius 1 is 1.56 bits per heavy atom. The summed E-state index contributed by atoms with van der Waals surface area (Å²) in [5.74, 6) is 0.448. The lowest BCUT2D eigenvalue weighted by Crippen LogP contribution is -2.23. The van der Waals surface area contributed by atoms with Gasteiger partial charge in [-0.15, -0.1) is 11.3 Å². The van der Waals surface area contributed by atoms with Crippen LogP contribution in [0.2, 0.25) is 0 Å². The zero-order valence-corrected chi connectivity index (χ0v) is 12.3. The van der Waals surface area contributed by atoms with E-state index in [9.17, 15) is 8.42 Å². The Morgan fingerprint density at radius 3 is 2.89 bits per heavy atom. The highest BCUT2D eigenvalue weighted by Gasteiger charge is 2.20. The summed E-state index contributed by atoms with van der Waals surface area (Å²) in [4.78, 5) is 4.81. The van der Waals surface area contributed by atoms with Crippen molar-refractivity contribution in [2.75, 3.05) is 0 Å². The minimum Gasteiger partial charge on any atom is -0.326 e. The van der Waals surface area contributed by atoms with Gasteiger partial charge in [-0.1, -0.05) is 0 Å². The number of rotatable bonds is 5. The van der Waals surface area contributed by atoms with Gasteiger partial charge in [0.1, 0.15) is 17.0 Å². The van der Waals surface area contributed by atoms with Gasteiger partial charge in [0.15, 0.2) is 0 Å². The first-order chi connectivity index (χ1) is 8.53. The molecule has 0 bridgehead atoms. The van der Waals surface area contributed by atoms with Crippen LogP contribution in [0.1, 0.15) is 10.7 Å². The summed E-state index contributed by atoms with van der Waals surface area (Å²) in [6.07, 6.45) is 1.32. The normalized spacial score (nSPS) is 11.9. The molecule has 0 aliphatic heterocycles. The van der Waals surface area contributed by atoms with Crippen molar-refractivity contribution in [3.8, 4) is 0 Å². The van der Waals surface area contributed by atoms with Gasteiger partial charge in [0.25, 0.3) is 0 Å². The molecule has 0 radical (unpaired) electrons. The van der Waals surface area contributed by atoms with Crippen molar-refractivity contribution in [3.63, 3.8) is 0 Å². The van der Waals surface area contributed by atoms with Crippen molar-refractivity contribution in [2.24, 2.45) is 5.73 Å². The van der Waals surface area contributed by atoms with E-state index in [1.54, 1.807) is 6.07 Å². The largest absolute Gasteiger partial charge is 0.326 e. The molecule has 98 valence electrons. The Hall–Kier alpha value is -0.810. The molecule has 2 aromatic rings. The van der Waals surface area contributed by atoms with E-state index < -0.39 is 10.0 Å². The van der Waals surface area contributed by atoms with Gasteiger partial charge in [0, 0.05) is 11.4 Å². The van der Waals surface area contributed by atoms with Gasteiger partial charge in [0.2, 0.25) is 10.0 Å². The van der Waals surface area contributed by atoms with Gasteiger partial charge < -0.3 is 5.73 Å². The fourth-order valence-electron chi connectivity index (χ4n) is 1.24. The summed E-state index contributed by atoms with van der Waals surface area (Å²) in [6.45, 7) is 0.365. The van der Waals surface area contributed by atoms with Crippen molar-refractivity contribution in [1.29, 1.82) is 0 Å². The van der Waals surface area contributed by atoms with E-state index in [4.69, 9.17) is 5.73 Å². The van der Waals surface area contributed by atoms with Crippen LogP contribution in [0.5, 0.6) is 0 Å².